The number of alkyl carbamates (subject to hydrolysis) is 1. The second-order valence-corrected chi connectivity index (χ2v) is 19.3. The molecular formula is C43H49FN6O9S. The Morgan fingerprint density at radius 2 is 1.80 bits per heavy atom. The molecule has 0 bridgehead atoms. The fraction of sp³-hybridized carbons (Fsp3) is 0.488. The molecule has 2 aromatic heterocycles. The largest absolute Gasteiger partial charge is 0.470 e. The normalized spacial score (nSPS) is 25.1. The fourth-order valence-electron chi connectivity index (χ4n) is 7.96. The Kier molecular flexibility index (Phi) is 10.8. The van der Waals surface area contributed by atoms with Gasteiger partial charge in [-0.05, 0) is 84.4 Å². The number of amides is 4. The molecule has 4 aromatic rings. The maximum atomic E-state index is 14.7. The number of benzene rings is 2. The van der Waals surface area contributed by atoms with Gasteiger partial charge in [0.15, 0.2) is 5.82 Å². The van der Waals surface area contributed by atoms with E-state index in [-0.39, 0.29) is 43.1 Å². The molecule has 4 heterocycles. The summed E-state index contributed by atoms with van der Waals surface area (Å²) in [5, 5.41) is 5.33. The van der Waals surface area contributed by atoms with Crippen LogP contribution in [0.2, 0.25) is 0 Å². The van der Waals surface area contributed by atoms with E-state index in [0.717, 1.165) is 18.4 Å². The van der Waals surface area contributed by atoms with Crippen LogP contribution in [0.3, 0.4) is 0 Å². The van der Waals surface area contributed by atoms with Gasteiger partial charge in [-0.2, -0.15) is 4.98 Å². The van der Waals surface area contributed by atoms with Crippen molar-refractivity contribution in [1.82, 2.24) is 30.2 Å². The number of aromatic nitrogens is 2. The first-order valence-electron chi connectivity index (χ1n) is 20.5. The van der Waals surface area contributed by atoms with Crippen LogP contribution in [0, 0.1) is 18.7 Å². The quantitative estimate of drug-likeness (QED) is 0.192. The number of hydrogen-bond donors (Lipinski definition) is 3. The molecule has 1 saturated heterocycles. The van der Waals surface area contributed by atoms with Crippen LogP contribution in [-0.2, 0) is 29.1 Å². The number of ether oxygens (including phenoxy) is 2. The van der Waals surface area contributed by atoms with Gasteiger partial charge in [0.05, 0.1) is 11.8 Å². The molecule has 3 fully saturated rings. The summed E-state index contributed by atoms with van der Waals surface area (Å²) in [4.78, 5) is 67.0. The number of furan rings is 1. The molecule has 318 valence electrons. The van der Waals surface area contributed by atoms with Crippen molar-refractivity contribution in [1.29, 1.82) is 0 Å². The summed E-state index contributed by atoms with van der Waals surface area (Å²) in [5.74, 6) is -2.78. The summed E-state index contributed by atoms with van der Waals surface area (Å²) in [6.07, 6.45) is 6.05. The zero-order valence-corrected chi connectivity index (χ0v) is 34.8. The van der Waals surface area contributed by atoms with Crippen molar-refractivity contribution < 1.29 is 45.9 Å². The van der Waals surface area contributed by atoms with E-state index >= 15 is 0 Å². The Balaban J connectivity index is 1.15. The van der Waals surface area contributed by atoms with E-state index in [1.807, 2.05) is 43.3 Å². The lowest BCUT2D eigenvalue weighted by Gasteiger charge is -2.30. The lowest BCUT2D eigenvalue weighted by molar-refractivity contribution is -0.141. The first-order chi connectivity index (χ1) is 28.5. The number of carbonyl (C=O) groups is 4. The van der Waals surface area contributed by atoms with Gasteiger partial charge >= 0.3 is 6.09 Å². The minimum atomic E-state index is -3.94. The van der Waals surface area contributed by atoms with Gasteiger partial charge in [0.1, 0.15) is 46.2 Å². The minimum absolute atomic E-state index is 0.00439. The van der Waals surface area contributed by atoms with E-state index in [0.29, 0.717) is 47.7 Å². The number of halogens is 1. The number of rotatable bonds is 7. The van der Waals surface area contributed by atoms with Crippen molar-refractivity contribution in [3.05, 3.63) is 66.0 Å². The number of carbonyl (C=O) groups excluding carboxylic acids is 4. The highest BCUT2D eigenvalue weighted by atomic mass is 32.2. The van der Waals surface area contributed by atoms with Crippen molar-refractivity contribution in [3.8, 4) is 17.3 Å². The Bertz CT molecular complexity index is 2500. The molecule has 2 aliphatic carbocycles. The highest BCUT2D eigenvalue weighted by Crippen LogP contribution is 2.46. The summed E-state index contributed by atoms with van der Waals surface area (Å²) in [6.45, 7) is 6.94. The molecule has 8 rings (SSSR count). The van der Waals surface area contributed by atoms with E-state index in [2.05, 4.69) is 15.4 Å². The van der Waals surface area contributed by atoms with E-state index in [4.69, 9.17) is 23.9 Å². The van der Waals surface area contributed by atoms with E-state index in [1.165, 1.54) is 23.1 Å². The Morgan fingerprint density at radius 3 is 2.53 bits per heavy atom. The average Bonchev–Trinajstić information content (AvgIpc) is 4.08. The maximum absolute atomic E-state index is 14.7. The predicted octanol–water partition coefficient (Wildman–Crippen LogP) is 5.74. The van der Waals surface area contributed by atoms with Crippen LogP contribution in [-0.4, -0.2) is 88.2 Å². The first kappa shape index (κ1) is 41.2. The second kappa shape index (κ2) is 15.8. The maximum Gasteiger partial charge on any atom is 0.408 e. The van der Waals surface area contributed by atoms with Gasteiger partial charge in [-0.25, -0.2) is 22.6 Å². The van der Waals surface area contributed by atoms with Gasteiger partial charge in [0.2, 0.25) is 27.4 Å². The molecule has 0 spiro atoms. The molecule has 2 aromatic carbocycles. The Hall–Kier alpha value is -5.58. The number of sulfonamides is 1. The number of fused-ring (bicyclic) bond motifs is 5. The molecule has 0 unspecified atom stereocenters. The molecule has 4 amide bonds. The summed E-state index contributed by atoms with van der Waals surface area (Å²) >= 11 is 0. The first-order valence-corrected chi connectivity index (χ1v) is 22.0. The van der Waals surface area contributed by atoms with Gasteiger partial charge in [-0.1, -0.05) is 54.8 Å². The molecular weight excluding hydrogens is 796 g/mol. The van der Waals surface area contributed by atoms with Gasteiger partial charge in [-0.15, -0.1) is 0 Å². The zero-order chi connectivity index (χ0) is 42.6. The SMILES string of the molecule is Cc1ccc(-c2nc(O[C@@H]3C[C@H]4C(=O)N[C@]5(C(=O)NS(=O)(=O)C6CC6)C[C@H]5C=CCCCCC[C@H](NC(=O)OC(C)(C)C)C(=O)N4C3)c3oc4ccc(F)cc4c3n2)cc1. The highest BCUT2D eigenvalue weighted by Gasteiger charge is 2.62. The molecule has 4 aliphatic rings. The van der Waals surface area contributed by atoms with Crippen molar-refractivity contribution in [2.75, 3.05) is 6.54 Å². The van der Waals surface area contributed by atoms with Crippen molar-refractivity contribution >= 4 is 55.9 Å². The number of allylic oxidation sites excluding steroid dienone is 1. The van der Waals surface area contributed by atoms with Crippen LogP contribution in [0.25, 0.3) is 33.5 Å². The molecule has 17 heteroatoms. The van der Waals surface area contributed by atoms with Crippen LogP contribution < -0.4 is 20.1 Å². The predicted molar refractivity (Wildman–Crippen MR) is 218 cm³/mol. The van der Waals surface area contributed by atoms with Crippen LogP contribution in [0.5, 0.6) is 5.88 Å². The number of nitrogens with one attached hydrogen (secondary N) is 3. The average molecular weight is 845 g/mol. The minimum Gasteiger partial charge on any atom is -0.470 e. The van der Waals surface area contributed by atoms with Gasteiger partial charge in [-0.3, -0.25) is 19.1 Å². The summed E-state index contributed by atoms with van der Waals surface area (Å²) in [6, 6.07) is 9.26. The van der Waals surface area contributed by atoms with E-state index in [9.17, 15) is 32.0 Å². The molecule has 15 nitrogen and oxygen atoms in total. The summed E-state index contributed by atoms with van der Waals surface area (Å²) < 4.78 is 60.8. The van der Waals surface area contributed by atoms with Gasteiger partial charge in [0, 0.05) is 23.3 Å². The molecule has 60 heavy (non-hydrogen) atoms. The van der Waals surface area contributed by atoms with Crippen LogP contribution >= 0.6 is 0 Å². The lowest BCUT2D eigenvalue weighted by atomic mass is 10.0. The highest BCUT2D eigenvalue weighted by molar-refractivity contribution is 7.91. The standard InChI is InChI=1S/C43H49FN6O9S/c1-24-12-14-25(15-13-24)36-46-34-30-20-27(44)16-19-33(30)58-35(34)38(47-36)57-28-21-32-37(51)48-43(40(53)49-60(55,56)29-17-18-29)22-26(43)10-8-6-5-7-9-11-31(39(52)50(32)23-28)45-41(54)59-42(2,3)4/h8,10,12-16,19-20,26,28-29,31-32H,5-7,9,11,17-18,21-23H2,1-4H3,(H,45,54)(H,48,51)(H,49,53)/t26-,28-,31+,32+,43-/m1/s1. The molecule has 0 radical (unpaired) electrons. The van der Waals surface area contributed by atoms with Crippen molar-refractivity contribution in [3.63, 3.8) is 0 Å². The van der Waals surface area contributed by atoms with Crippen LogP contribution in [0.1, 0.15) is 84.1 Å². The topological polar surface area (TPSA) is 199 Å². The lowest BCUT2D eigenvalue weighted by Crippen LogP contribution is -2.58. The number of hydrogen-bond acceptors (Lipinski definition) is 11. The Labute approximate surface area is 346 Å². The molecule has 2 aliphatic heterocycles. The molecule has 3 N–H and O–H groups in total. The fourth-order valence-corrected chi connectivity index (χ4v) is 9.32. The zero-order valence-electron chi connectivity index (χ0n) is 34.0. The molecule has 2 saturated carbocycles. The monoisotopic (exact) mass is 844 g/mol. The van der Waals surface area contributed by atoms with E-state index in [1.54, 1.807) is 20.8 Å². The smallest absolute Gasteiger partial charge is 0.408 e. The molecule has 5 atom stereocenters. The summed E-state index contributed by atoms with van der Waals surface area (Å²) in [5.41, 5.74) is 0.0372. The third-order valence-electron chi connectivity index (χ3n) is 11.4. The number of nitrogens with zero attached hydrogens (tertiary/aromatic N) is 3. The Morgan fingerprint density at radius 1 is 1.03 bits per heavy atom. The van der Waals surface area contributed by atoms with E-state index < -0.39 is 80.2 Å². The third kappa shape index (κ3) is 8.67. The van der Waals surface area contributed by atoms with Crippen LogP contribution in [0.15, 0.2) is 59.0 Å². The van der Waals surface area contributed by atoms with Gasteiger partial charge in [0.25, 0.3) is 11.8 Å². The second-order valence-electron chi connectivity index (χ2n) is 17.3. The van der Waals surface area contributed by atoms with Crippen molar-refractivity contribution in [2.45, 2.75) is 120 Å². The summed E-state index contributed by atoms with van der Waals surface area (Å²) in [7, 11) is -3.94. The van der Waals surface area contributed by atoms with Crippen LogP contribution in [0.4, 0.5) is 9.18 Å². The van der Waals surface area contributed by atoms with Gasteiger partial charge < -0.3 is 29.4 Å². The third-order valence-corrected chi connectivity index (χ3v) is 13.2. The number of aryl methyl sites for hydroxylation is 1. The van der Waals surface area contributed by atoms with Crippen molar-refractivity contribution in [2.24, 2.45) is 5.92 Å².